The highest BCUT2D eigenvalue weighted by molar-refractivity contribution is 6.04. The lowest BCUT2D eigenvalue weighted by atomic mass is 9.87. The third kappa shape index (κ3) is 3.71. The van der Waals surface area contributed by atoms with Crippen LogP contribution in [0.2, 0.25) is 0 Å². The van der Waals surface area contributed by atoms with Crippen LogP contribution >= 0.6 is 0 Å². The number of alkyl halides is 3. The van der Waals surface area contributed by atoms with Crippen molar-refractivity contribution in [2.45, 2.75) is 57.7 Å². The Morgan fingerprint density at radius 1 is 1.27 bits per heavy atom. The minimum absolute atomic E-state index is 0.239. The van der Waals surface area contributed by atoms with E-state index in [1.807, 2.05) is 6.92 Å². The molecule has 1 aliphatic heterocycles. The van der Waals surface area contributed by atoms with E-state index in [0.717, 1.165) is 0 Å². The minimum Gasteiger partial charge on any atom is -0.490 e. The van der Waals surface area contributed by atoms with Crippen LogP contribution in [-0.4, -0.2) is 41.4 Å². The number of nitrogens with zero attached hydrogens (tertiary/aromatic N) is 1. The predicted molar refractivity (Wildman–Crippen MR) is 84.8 cm³/mol. The first-order valence-electron chi connectivity index (χ1n) is 8.34. The predicted octanol–water partition coefficient (Wildman–Crippen LogP) is 3.13. The number of rotatable bonds is 5. The molecule has 0 bridgehead atoms. The Hall–Kier alpha value is -2.45. The summed E-state index contributed by atoms with van der Waals surface area (Å²) >= 11 is 0. The van der Waals surface area contributed by atoms with E-state index < -0.39 is 18.4 Å². The Balaban J connectivity index is 1.59. The number of nitrogens with one attached hydrogen (secondary N) is 1. The first kappa shape index (κ1) is 18.3. The number of halogens is 3. The molecule has 6 nitrogen and oxygen atoms in total. The van der Waals surface area contributed by atoms with Gasteiger partial charge >= 0.3 is 12.4 Å². The number of carbonyl (C=O) groups is 2. The van der Waals surface area contributed by atoms with Gasteiger partial charge in [0.25, 0.3) is 5.91 Å². The monoisotopic (exact) mass is 372 g/mol. The second kappa shape index (κ2) is 6.69. The standard InChI is InChI=1S/C17H19F3N2O4/c1-3-13-15(23)22(16(24)21-13)10-6-12(7-10)25-11-5-4-9(2)14(8-11)26-17(18,19)20/h4-5,8,10,12-13H,3,6-7H2,1-2H3,(H,21,24)/t10-,12-,13-/m1/s1. The average Bonchev–Trinajstić information content (AvgIpc) is 2.79. The van der Waals surface area contributed by atoms with Crippen LogP contribution in [0.3, 0.4) is 0 Å². The molecule has 142 valence electrons. The molecule has 3 amide bonds. The fraction of sp³-hybridized carbons (Fsp3) is 0.529. The van der Waals surface area contributed by atoms with E-state index in [1.165, 1.54) is 24.0 Å². The molecule has 1 aromatic rings. The molecule has 2 fully saturated rings. The van der Waals surface area contributed by atoms with Crippen molar-refractivity contribution < 1.29 is 32.2 Å². The highest BCUT2D eigenvalue weighted by Crippen LogP contribution is 2.35. The van der Waals surface area contributed by atoms with Gasteiger partial charge in [0.1, 0.15) is 23.6 Å². The summed E-state index contributed by atoms with van der Waals surface area (Å²) in [7, 11) is 0. The number of aryl methyl sites for hydroxylation is 1. The van der Waals surface area contributed by atoms with Crippen molar-refractivity contribution in [2.24, 2.45) is 0 Å². The van der Waals surface area contributed by atoms with Crippen molar-refractivity contribution in [1.29, 1.82) is 0 Å². The summed E-state index contributed by atoms with van der Waals surface area (Å²) in [5.74, 6) is -0.301. The summed E-state index contributed by atoms with van der Waals surface area (Å²) in [6, 6.07) is 3.10. The zero-order valence-corrected chi connectivity index (χ0v) is 14.3. The van der Waals surface area contributed by atoms with Gasteiger partial charge in [-0.2, -0.15) is 0 Å². The first-order chi connectivity index (χ1) is 12.2. The van der Waals surface area contributed by atoms with Crippen molar-refractivity contribution >= 4 is 11.9 Å². The molecule has 9 heteroatoms. The Bertz CT molecular complexity index is 716. The molecule has 1 aromatic carbocycles. The van der Waals surface area contributed by atoms with Crippen LogP contribution in [0.5, 0.6) is 11.5 Å². The highest BCUT2D eigenvalue weighted by atomic mass is 19.4. The van der Waals surface area contributed by atoms with Gasteiger partial charge in [0.05, 0.1) is 0 Å². The largest absolute Gasteiger partial charge is 0.573 e. The van der Waals surface area contributed by atoms with E-state index in [0.29, 0.717) is 24.8 Å². The molecule has 26 heavy (non-hydrogen) atoms. The van der Waals surface area contributed by atoms with E-state index in [4.69, 9.17) is 4.74 Å². The van der Waals surface area contributed by atoms with Crippen LogP contribution in [0.1, 0.15) is 31.7 Å². The van der Waals surface area contributed by atoms with Crippen molar-refractivity contribution in [3.05, 3.63) is 23.8 Å². The Morgan fingerprint density at radius 3 is 2.54 bits per heavy atom. The smallest absolute Gasteiger partial charge is 0.490 e. The van der Waals surface area contributed by atoms with E-state index >= 15 is 0 Å². The Labute approximate surface area is 148 Å². The fourth-order valence-corrected chi connectivity index (χ4v) is 3.10. The highest BCUT2D eigenvalue weighted by Gasteiger charge is 2.46. The van der Waals surface area contributed by atoms with Crippen molar-refractivity contribution in [1.82, 2.24) is 10.2 Å². The first-order valence-corrected chi connectivity index (χ1v) is 8.34. The second-order valence-electron chi connectivity index (χ2n) is 6.46. The summed E-state index contributed by atoms with van der Waals surface area (Å²) in [5.41, 5.74) is 0.339. The summed E-state index contributed by atoms with van der Waals surface area (Å²) in [5, 5.41) is 2.63. The summed E-state index contributed by atoms with van der Waals surface area (Å²) in [4.78, 5) is 25.3. The van der Waals surface area contributed by atoms with Gasteiger partial charge in [0, 0.05) is 24.9 Å². The number of benzene rings is 1. The van der Waals surface area contributed by atoms with E-state index in [2.05, 4.69) is 10.1 Å². The fourth-order valence-electron chi connectivity index (χ4n) is 3.10. The van der Waals surface area contributed by atoms with Gasteiger partial charge in [-0.1, -0.05) is 13.0 Å². The normalized spacial score (nSPS) is 25.7. The number of ether oxygens (including phenoxy) is 2. The minimum atomic E-state index is -4.77. The maximum Gasteiger partial charge on any atom is 0.573 e. The SMILES string of the molecule is CC[C@H]1NC(=O)N([C@H]2C[C@H](Oc3ccc(C)c(OC(F)(F)F)c3)C2)C1=O. The molecule has 1 N–H and O–H groups in total. The topological polar surface area (TPSA) is 67.9 Å². The van der Waals surface area contributed by atoms with Crippen LogP contribution in [0.4, 0.5) is 18.0 Å². The third-order valence-corrected chi connectivity index (χ3v) is 4.58. The lowest BCUT2D eigenvalue weighted by molar-refractivity contribution is -0.274. The number of imide groups is 1. The maximum atomic E-state index is 12.4. The molecule has 0 unspecified atom stereocenters. The number of carbonyl (C=O) groups excluding carboxylic acids is 2. The van der Waals surface area contributed by atoms with Gasteiger partial charge in [-0.3, -0.25) is 9.69 Å². The number of urea groups is 1. The Morgan fingerprint density at radius 2 is 1.96 bits per heavy atom. The molecule has 0 spiro atoms. The number of amides is 3. The van der Waals surface area contributed by atoms with Gasteiger partial charge in [-0.25, -0.2) is 4.79 Å². The molecule has 3 rings (SSSR count). The molecular weight excluding hydrogens is 353 g/mol. The van der Waals surface area contributed by atoms with E-state index in [-0.39, 0.29) is 29.6 Å². The van der Waals surface area contributed by atoms with Crippen LogP contribution < -0.4 is 14.8 Å². The van der Waals surface area contributed by atoms with E-state index in [1.54, 1.807) is 6.07 Å². The van der Waals surface area contributed by atoms with Crippen LogP contribution in [-0.2, 0) is 4.79 Å². The zero-order chi connectivity index (χ0) is 19.1. The van der Waals surface area contributed by atoms with Crippen LogP contribution in [0, 0.1) is 6.92 Å². The van der Waals surface area contributed by atoms with Gasteiger partial charge in [-0.05, 0) is 25.0 Å². The van der Waals surface area contributed by atoms with Crippen molar-refractivity contribution in [3.8, 4) is 11.5 Å². The summed E-state index contributed by atoms with van der Waals surface area (Å²) in [6.07, 6.45) is -3.64. The lowest BCUT2D eigenvalue weighted by Gasteiger charge is -2.39. The van der Waals surface area contributed by atoms with E-state index in [9.17, 15) is 22.8 Å². The maximum absolute atomic E-state index is 12.4. The molecule has 1 heterocycles. The van der Waals surface area contributed by atoms with Crippen molar-refractivity contribution in [2.75, 3.05) is 0 Å². The average molecular weight is 372 g/mol. The summed E-state index contributed by atoms with van der Waals surface area (Å²) in [6.45, 7) is 3.32. The number of hydrogen-bond donors (Lipinski definition) is 1. The van der Waals surface area contributed by atoms with Crippen LogP contribution in [0.25, 0.3) is 0 Å². The lowest BCUT2D eigenvalue weighted by Crippen LogP contribution is -2.52. The molecule has 1 saturated carbocycles. The number of hydrogen-bond acceptors (Lipinski definition) is 4. The third-order valence-electron chi connectivity index (χ3n) is 4.58. The molecule has 0 aromatic heterocycles. The van der Waals surface area contributed by atoms with Crippen molar-refractivity contribution in [3.63, 3.8) is 0 Å². The van der Waals surface area contributed by atoms with Gasteiger partial charge in [0.2, 0.25) is 0 Å². The molecular formula is C17H19F3N2O4. The molecule has 1 aliphatic carbocycles. The van der Waals surface area contributed by atoms with Gasteiger partial charge < -0.3 is 14.8 Å². The molecule has 0 radical (unpaired) electrons. The molecule has 2 aliphatic rings. The Kier molecular flexibility index (Phi) is 4.72. The summed E-state index contributed by atoms with van der Waals surface area (Å²) < 4.78 is 46.9. The van der Waals surface area contributed by atoms with Gasteiger partial charge in [0.15, 0.2) is 0 Å². The zero-order valence-electron chi connectivity index (χ0n) is 14.3. The van der Waals surface area contributed by atoms with Crippen LogP contribution in [0.15, 0.2) is 18.2 Å². The van der Waals surface area contributed by atoms with Gasteiger partial charge in [-0.15, -0.1) is 13.2 Å². The second-order valence-corrected chi connectivity index (χ2v) is 6.46. The quantitative estimate of drug-likeness (QED) is 0.807. The molecule has 1 atom stereocenters. The molecule has 1 saturated heterocycles.